The summed E-state index contributed by atoms with van der Waals surface area (Å²) in [6.07, 6.45) is 5.59. The molecule has 3 N–H and O–H groups in total. The highest BCUT2D eigenvalue weighted by Gasteiger charge is 2.27. The molecule has 0 bridgehead atoms. The van der Waals surface area contributed by atoms with E-state index in [-0.39, 0.29) is 24.6 Å². The van der Waals surface area contributed by atoms with Gasteiger partial charge in [0.1, 0.15) is 5.82 Å². The number of carbonyl (C=O) groups is 2. The molecule has 0 saturated heterocycles. The second-order valence-corrected chi connectivity index (χ2v) is 8.63. The number of carbonyl (C=O) groups excluding carboxylic acids is 2. The first-order valence-electron chi connectivity index (χ1n) is 11.1. The van der Waals surface area contributed by atoms with Gasteiger partial charge in [-0.05, 0) is 26.4 Å². The van der Waals surface area contributed by atoms with Crippen molar-refractivity contribution in [2.75, 3.05) is 51.1 Å². The molecule has 32 heavy (non-hydrogen) atoms. The van der Waals surface area contributed by atoms with Gasteiger partial charge in [-0.2, -0.15) is 4.39 Å². The molecule has 1 saturated carbocycles. The van der Waals surface area contributed by atoms with Crippen LogP contribution in [0.4, 0.5) is 16.0 Å². The van der Waals surface area contributed by atoms with Crippen molar-refractivity contribution in [2.45, 2.75) is 45.4 Å². The summed E-state index contributed by atoms with van der Waals surface area (Å²) in [5, 5.41) is 10.1. The molecule has 1 aliphatic carbocycles. The summed E-state index contributed by atoms with van der Waals surface area (Å²) < 4.78 is 15.1. The number of hydrogen-bond acceptors (Lipinski definition) is 8. The van der Waals surface area contributed by atoms with Crippen LogP contribution in [0.1, 0.15) is 44.9 Å². The molecule has 11 heteroatoms. The van der Waals surface area contributed by atoms with Crippen LogP contribution in [-0.2, 0) is 16.0 Å². The largest absolute Gasteiger partial charge is 0.356 e. The Labute approximate surface area is 189 Å². The third-order valence-corrected chi connectivity index (χ3v) is 5.74. The summed E-state index contributed by atoms with van der Waals surface area (Å²) in [4.78, 5) is 35.8. The van der Waals surface area contributed by atoms with Crippen LogP contribution in [0.25, 0.3) is 0 Å². The number of likely N-dealkylation sites (N-methyl/N-ethyl adjacent to an activating group) is 2. The van der Waals surface area contributed by atoms with E-state index < -0.39 is 17.6 Å². The lowest BCUT2D eigenvalue weighted by molar-refractivity contribution is -0.154. The lowest BCUT2D eigenvalue weighted by atomic mass is 9.92. The molecule has 0 radical (unpaired) electrons. The highest BCUT2D eigenvalue weighted by atomic mass is 19.1. The van der Waals surface area contributed by atoms with E-state index in [0.29, 0.717) is 36.2 Å². The third kappa shape index (κ3) is 7.56. The van der Waals surface area contributed by atoms with Gasteiger partial charge in [-0.1, -0.05) is 32.6 Å². The van der Waals surface area contributed by atoms with Gasteiger partial charge in [0.05, 0.1) is 12.5 Å². The molecule has 0 spiro atoms. The fourth-order valence-electron chi connectivity index (χ4n) is 3.83. The molecule has 1 fully saturated rings. The van der Waals surface area contributed by atoms with Crippen LogP contribution in [0.3, 0.4) is 0 Å². The van der Waals surface area contributed by atoms with Crippen molar-refractivity contribution >= 4 is 24.0 Å². The molecule has 1 aliphatic rings. The number of hydroxylamine groups is 2. The van der Waals surface area contributed by atoms with Crippen molar-refractivity contribution in [1.82, 2.24) is 25.4 Å². The molecule has 1 heterocycles. The minimum Gasteiger partial charge on any atom is -0.356 e. The fraction of sp³-hybridized carbons (Fsp3) is 0.714. The van der Waals surface area contributed by atoms with Gasteiger partial charge in [-0.3, -0.25) is 25.6 Å². The topological polar surface area (TPSA) is 114 Å². The van der Waals surface area contributed by atoms with E-state index in [1.54, 1.807) is 11.9 Å². The summed E-state index contributed by atoms with van der Waals surface area (Å²) in [6.45, 7) is 3.03. The maximum Gasteiger partial charge on any atom is 0.243 e. The molecular weight excluding hydrogens is 417 g/mol. The Kier molecular flexibility index (Phi) is 10.0. The summed E-state index contributed by atoms with van der Waals surface area (Å²) >= 11 is 0. The van der Waals surface area contributed by atoms with Crippen molar-refractivity contribution in [1.29, 1.82) is 0 Å². The highest BCUT2D eigenvalue weighted by Crippen LogP contribution is 2.30. The molecule has 1 aromatic rings. The van der Waals surface area contributed by atoms with Gasteiger partial charge in [0.15, 0.2) is 11.6 Å². The Hall–Kier alpha value is -2.53. The van der Waals surface area contributed by atoms with Crippen LogP contribution in [0.2, 0.25) is 0 Å². The molecule has 2 rings (SSSR count). The third-order valence-electron chi connectivity index (χ3n) is 5.74. The Bertz CT molecular complexity index is 759. The molecule has 0 aliphatic heterocycles. The van der Waals surface area contributed by atoms with Crippen molar-refractivity contribution in [3.63, 3.8) is 0 Å². The van der Waals surface area contributed by atoms with Crippen LogP contribution < -0.4 is 15.8 Å². The molecular formula is C21H36FN7O3. The van der Waals surface area contributed by atoms with E-state index in [1.165, 1.54) is 0 Å². The predicted octanol–water partition coefficient (Wildman–Crippen LogP) is 1.66. The molecule has 2 amide bonds. The van der Waals surface area contributed by atoms with Gasteiger partial charge in [-0.15, -0.1) is 0 Å². The summed E-state index contributed by atoms with van der Waals surface area (Å²) in [7, 11) is 5.62. The van der Waals surface area contributed by atoms with Crippen LogP contribution in [-0.4, -0.2) is 78.2 Å². The van der Waals surface area contributed by atoms with E-state index >= 15 is 4.39 Å². The van der Waals surface area contributed by atoms with Crippen LogP contribution in [0, 0.1) is 17.7 Å². The normalized spacial score (nSPS) is 15.0. The minimum atomic E-state index is -0.659. The van der Waals surface area contributed by atoms with Crippen LogP contribution in [0.15, 0.2) is 0 Å². The molecule has 180 valence electrons. The lowest BCUT2D eigenvalue weighted by Crippen LogP contribution is -2.41. The predicted molar refractivity (Wildman–Crippen MR) is 120 cm³/mol. The van der Waals surface area contributed by atoms with Crippen molar-refractivity contribution in [3.05, 3.63) is 11.6 Å². The molecule has 1 atom stereocenters. The molecule has 10 nitrogen and oxygen atoms in total. The number of aryl methyl sites for hydroxylation is 1. The quantitative estimate of drug-likeness (QED) is 0.235. The number of hydrazine groups is 1. The van der Waals surface area contributed by atoms with E-state index in [1.807, 2.05) is 25.9 Å². The highest BCUT2D eigenvalue weighted by molar-refractivity contribution is 5.80. The van der Waals surface area contributed by atoms with Gasteiger partial charge in [-0.25, -0.2) is 15.0 Å². The van der Waals surface area contributed by atoms with Gasteiger partial charge in [0, 0.05) is 26.6 Å². The number of nitrogens with one attached hydrogen (secondary N) is 2. The Morgan fingerprint density at radius 2 is 1.94 bits per heavy atom. The number of hydrogen-bond donors (Lipinski definition) is 3. The molecule has 0 aromatic carbocycles. The van der Waals surface area contributed by atoms with Crippen LogP contribution >= 0.6 is 0 Å². The Morgan fingerprint density at radius 3 is 2.53 bits per heavy atom. The minimum absolute atomic E-state index is 0.118. The summed E-state index contributed by atoms with van der Waals surface area (Å²) in [5.74, 6) is -0.874. The van der Waals surface area contributed by atoms with E-state index in [0.717, 1.165) is 32.2 Å². The monoisotopic (exact) mass is 453 g/mol. The smallest absolute Gasteiger partial charge is 0.243 e. The zero-order valence-electron chi connectivity index (χ0n) is 19.5. The second-order valence-electron chi connectivity index (χ2n) is 8.63. The van der Waals surface area contributed by atoms with Crippen molar-refractivity contribution in [2.24, 2.45) is 11.8 Å². The Morgan fingerprint density at radius 1 is 1.25 bits per heavy atom. The SMILES string of the molecule is CCc1nc(NNC(=O)[C@H](CC2CCCC2)CN(O)C=O)c(F)c(N(C)CCN(C)C)n1. The number of aromatic nitrogens is 2. The zero-order valence-corrected chi connectivity index (χ0v) is 19.5. The lowest BCUT2D eigenvalue weighted by Gasteiger charge is -2.24. The van der Waals surface area contributed by atoms with Gasteiger partial charge >= 0.3 is 0 Å². The maximum absolute atomic E-state index is 15.1. The average molecular weight is 454 g/mol. The van der Waals surface area contributed by atoms with Gasteiger partial charge in [0.25, 0.3) is 0 Å². The van der Waals surface area contributed by atoms with Crippen LogP contribution in [0.5, 0.6) is 0 Å². The standard InChI is InChI=1S/C21H36FN7O3/c1-5-17-23-19(18(22)20(24-17)28(4)11-10-27(2)3)25-26-21(31)16(13-29(32)14-30)12-15-8-6-7-9-15/h14-16,32H,5-13H2,1-4H3,(H,26,31)(H,23,24,25)/t16-/m1/s1. The fourth-order valence-corrected chi connectivity index (χ4v) is 3.83. The van der Waals surface area contributed by atoms with E-state index in [9.17, 15) is 14.8 Å². The first kappa shape index (κ1) is 25.7. The number of rotatable bonds is 13. The number of halogens is 1. The second kappa shape index (κ2) is 12.5. The maximum atomic E-state index is 15.1. The average Bonchev–Trinajstić information content (AvgIpc) is 3.29. The van der Waals surface area contributed by atoms with Crippen molar-refractivity contribution in [3.8, 4) is 0 Å². The number of nitrogens with zero attached hydrogens (tertiary/aromatic N) is 5. The van der Waals surface area contributed by atoms with Gasteiger partial charge in [0.2, 0.25) is 18.1 Å². The van der Waals surface area contributed by atoms with E-state index in [4.69, 9.17) is 0 Å². The molecule has 0 unspecified atom stereocenters. The van der Waals surface area contributed by atoms with E-state index in [2.05, 4.69) is 20.8 Å². The summed E-state index contributed by atoms with van der Waals surface area (Å²) in [5.41, 5.74) is 5.10. The Balaban J connectivity index is 2.12. The van der Waals surface area contributed by atoms with Gasteiger partial charge < -0.3 is 9.80 Å². The first-order valence-corrected chi connectivity index (χ1v) is 11.1. The zero-order chi connectivity index (χ0) is 23.7. The summed E-state index contributed by atoms with van der Waals surface area (Å²) in [6, 6.07) is 0. The number of anilines is 2. The van der Waals surface area contributed by atoms with Crippen molar-refractivity contribution < 1.29 is 19.2 Å². The molecule has 1 aromatic heterocycles. The number of amides is 2. The first-order chi connectivity index (χ1) is 15.2.